The van der Waals surface area contributed by atoms with Gasteiger partial charge >= 0.3 is 0 Å². The second-order valence-electron chi connectivity index (χ2n) is 6.62. The maximum atomic E-state index is 6.25. The van der Waals surface area contributed by atoms with Crippen LogP contribution in [0.2, 0.25) is 5.02 Å². The molecule has 4 aromatic rings. The van der Waals surface area contributed by atoms with E-state index in [1.807, 2.05) is 73.7 Å². The molecule has 3 aromatic carbocycles. The molecule has 1 heterocycles. The van der Waals surface area contributed by atoms with Gasteiger partial charge in [-0.25, -0.2) is 4.98 Å². The molecule has 29 heavy (non-hydrogen) atoms. The number of rotatable bonds is 6. The molecule has 0 amide bonds. The van der Waals surface area contributed by atoms with E-state index >= 15 is 0 Å². The van der Waals surface area contributed by atoms with E-state index in [9.17, 15) is 0 Å². The molecule has 6 heteroatoms. The average Bonchev–Trinajstić information content (AvgIpc) is 2.75. The van der Waals surface area contributed by atoms with Crippen LogP contribution in [0.3, 0.4) is 0 Å². The second-order valence-corrected chi connectivity index (χ2v) is 7.02. The van der Waals surface area contributed by atoms with Gasteiger partial charge in [0.15, 0.2) is 0 Å². The highest BCUT2D eigenvalue weighted by atomic mass is 35.5. The first-order valence-corrected chi connectivity index (χ1v) is 9.68. The summed E-state index contributed by atoms with van der Waals surface area (Å²) in [5.41, 5.74) is 3.74. The van der Waals surface area contributed by atoms with Crippen molar-refractivity contribution >= 4 is 40.0 Å². The molecule has 0 spiro atoms. The van der Waals surface area contributed by atoms with Crippen molar-refractivity contribution in [1.82, 2.24) is 9.97 Å². The van der Waals surface area contributed by atoms with Crippen LogP contribution < -0.4 is 15.4 Å². The molecule has 0 aliphatic carbocycles. The van der Waals surface area contributed by atoms with Gasteiger partial charge in [0.05, 0.1) is 12.6 Å². The van der Waals surface area contributed by atoms with E-state index in [4.69, 9.17) is 21.3 Å². The van der Waals surface area contributed by atoms with Crippen LogP contribution in [0.25, 0.3) is 10.9 Å². The number of nitrogens with zero attached hydrogens (tertiary/aromatic N) is 2. The van der Waals surface area contributed by atoms with Crippen molar-refractivity contribution in [3.05, 3.63) is 82.9 Å². The number of benzene rings is 3. The zero-order valence-corrected chi connectivity index (χ0v) is 17.0. The summed E-state index contributed by atoms with van der Waals surface area (Å²) >= 11 is 6.25. The molecule has 5 nitrogen and oxygen atoms in total. The minimum Gasteiger partial charge on any atom is -0.496 e. The minimum absolute atomic E-state index is 0.511. The highest BCUT2D eigenvalue weighted by Gasteiger charge is 2.10. The van der Waals surface area contributed by atoms with E-state index in [0.29, 0.717) is 17.5 Å². The monoisotopic (exact) mass is 404 g/mol. The summed E-state index contributed by atoms with van der Waals surface area (Å²) in [5.74, 6) is 2.10. The number of ether oxygens (including phenoxy) is 1. The van der Waals surface area contributed by atoms with Crippen molar-refractivity contribution in [1.29, 1.82) is 0 Å². The molecule has 0 aliphatic rings. The van der Waals surface area contributed by atoms with Crippen molar-refractivity contribution in [2.45, 2.75) is 13.5 Å². The number of methoxy groups -OCH3 is 1. The molecule has 0 bridgehead atoms. The zero-order valence-electron chi connectivity index (χ0n) is 16.2. The third-order valence-electron chi connectivity index (χ3n) is 4.76. The Hall–Kier alpha value is -3.31. The maximum Gasteiger partial charge on any atom is 0.229 e. The number of nitrogens with one attached hydrogen (secondary N) is 2. The van der Waals surface area contributed by atoms with Crippen molar-refractivity contribution in [3.8, 4) is 5.75 Å². The molecule has 0 saturated carbocycles. The topological polar surface area (TPSA) is 59.1 Å². The Morgan fingerprint density at radius 3 is 2.59 bits per heavy atom. The van der Waals surface area contributed by atoms with Crippen LogP contribution in [-0.2, 0) is 6.54 Å². The predicted octanol–water partition coefficient (Wildman–Crippen LogP) is 5.96. The van der Waals surface area contributed by atoms with Crippen LogP contribution in [0.15, 0.2) is 66.7 Å². The van der Waals surface area contributed by atoms with Crippen molar-refractivity contribution in [2.75, 3.05) is 17.7 Å². The summed E-state index contributed by atoms with van der Waals surface area (Å²) in [6, 6.07) is 21.6. The third-order valence-corrected chi connectivity index (χ3v) is 5.17. The number of halogens is 1. The number of hydrogen-bond donors (Lipinski definition) is 2. The number of anilines is 3. The lowest BCUT2D eigenvalue weighted by atomic mass is 10.2. The lowest BCUT2D eigenvalue weighted by Gasteiger charge is -2.14. The summed E-state index contributed by atoms with van der Waals surface area (Å²) < 4.78 is 5.45. The highest BCUT2D eigenvalue weighted by Crippen LogP contribution is 2.28. The van der Waals surface area contributed by atoms with E-state index in [1.165, 1.54) is 0 Å². The van der Waals surface area contributed by atoms with Gasteiger partial charge in [0.1, 0.15) is 11.6 Å². The first kappa shape index (κ1) is 19.0. The highest BCUT2D eigenvalue weighted by molar-refractivity contribution is 6.31. The molecule has 146 valence electrons. The molecule has 0 aliphatic heterocycles. The quantitative estimate of drug-likeness (QED) is 0.415. The number of aromatic nitrogens is 2. The smallest absolute Gasteiger partial charge is 0.229 e. The lowest BCUT2D eigenvalue weighted by molar-refractivity contribution is 0.410. The molecule has 0 unspecified atom stereocenters. The molecular weight excluding hydrogens is 384 g/mol. The molecule has 0 saturated heterocycles. The normalized spacial score (nSPS) is 10.7. The van der Waals surface area contributed by atoms with E-state index in [0.717, 1.165) is 39.3 Å². The molecule has 0 atom stereocenters. The number of hydrogen-bond acceptors (Lipinski definition) is 5. The van der Waals surface area contributed by atoms with Gasteiger partial charge in [0.25, 0.3) is 0 Å². The lowest BCUT2D eigenvalue weighted by Crippen LogP contribution is -2.07. The van der Waals surface area contributed by atoms with Gasteiger partial charge in [0.2, 0.25) is 5.95 Å². The van der Waals surface area contributed by atoms with Gasteiger partial charge < -0.3 is 15.4 Å². The van der Waals surface area contributed by atoms with Crippen molar-refractivity contribution < 1.29 is 4.74 Å². The fraction of sp³-hybridized carbons (Fsp3) is 0.130. The Morgan fingerprint density at radius 1 is 0.931 bits per heavy atom. The summed E-state index contributed by atoms with van der Waals surface area (Å²) in [5, 5.41) is 8.38. The molecular formula is C23H21ClN4O. The standard InChI is InChI=1S/C23H21ClN4O/c1-15-18(24)10-7-12-19(15)26-23-27-20-11-5-4-9-17(20)22(28-23)25-14-16-8-3-6-13-21(16)29-2/h3-13H,14H2,1-2H3,(H2,25,26,27,28). The van der Waals surface area contributed by atoms with Crippen molar-refractivity contribution in [3.63, 3.8) is 0 Å². The Kier molecular flexibility index (Phi) is 5.49. The summed E-state index contributed by atoms with van der Waals surface area (Å²) in [6.45, 7) is 2.55. The van der Waals surface area contributed by atoms with Crippen LogP contribution >= 0.6 is 11.6 Å². The van der Waals surface area contributed by atoms with Gasteiger partial charge in [0, 0.05) is 28.2 Å². The fourth-order valence-electron chi connectivity index (χ4n) is 3.16. The Labute approximate surface area is 174 Å². The zero-order chi connectivity index (χ0) is 20.2. The van der Waals surface area contributed by atoms with Crippen LogP contribution in [0.1, 0.15) is 11.1 Å². The number of fused-ring (bicyclic) bond motifs is 1. The summed E-state index contributed by atoms with van der Waals surface area (Å²) in [6.07, 6.45) is 0. The first-order valence-electron chi connectivity index (χ1n) is 9.30. The van der Waals surface area contributed by atoms with Gasteiger partial charge in [-0.2, -0.15) is 4.98 Å². The SMILES string of the molecule is COc1ccccc1CNc1nc(Nc2cccc(Cl)c2C)nc2ccccc12. The molecule has 1 aromatic heterocycles. The van der Waals surface area contributed by atoms with Crippen LogP contribution in [0, 0.1) is 6.92 Å². The number of para-hydroxylation sites is 2. The van der Waals surface area contributed by atoms with Crippen LogP contribution in [0.5, 0.6) is 5.75 Å². The second kappa shape index (κ2) is 8.37. The maximum absolute atomic E-state index is 6.25. The van der Waals surface area contributed by atoms with E-state index in [-0.39, 0.29) is 0 Å². The van der Waals surface area contributed by atoms with Gasteiger partial charge in [-0.05, 0) is 42.8 Å². The summed E-state index contributed by atoms with van der Waals surface area (Å²) in [4.78, 5) is 9.38. The summed E-state index contributed by atoms with van der Waals surface area (Å²) in [7, 11) is 1.67. The van der Waals surface area contributed by atoms with Crippen LogP contribution in [0.4, 0.5) is 17.5 Å². The predicted molar refractivity (Wildman–Crippen MR) is 119 cm³/mol. The van der Waals surface area contributed by atoms with Crippen molar-refractivity contribution in [2.24, 2.45) is 0 Å². The van der Waals surface area contributed by atoms with Gasteiger partial charge in [-0.15, -0.1) is 0 Å². The third kappa shape index (κ3) is 4.10. The van der Waals surface area contributed by atoms with E-state index < -0.39 is 0 Å². The average molecular weight is 405 g/mol. The van der Waals surface area contributed by atoms with Crippen LogP contribution in [-0.4, -0.2) is 17.1 Å². The molecule has 0 radical (unpaired) electrons. The fourth-order valence-corrected chi connectivity index (χ4v) is 3.33. The largest absolute Gasteiger partial charge is 0.496 e. The van der Waals surface area contributed by atoms with Gasteiger partial charge in [-0.1, -0.05) is 48.0 Å². The molecule has 2 N–H and O–H groups in total. The molecule has 0 fully saturated rings. The Bertz CT molecular complexity index is 1160. The Morgan fingerprint density at radius 2 is 1.72 bits per heavy atom. The Balaban J connectivity index is 1.68. The molecule has 4 rings (SSSR count). The first-order chi connectivity index (χ1) is 14.2. The minimum atomic E-state index is 0.511. The van der Waals surface area contributed by atoms with Gasteiger partial charge in [-0.3, -0.25) is 0 Å². The van der Waals surface area contributed by atoms with E-state index in [2.05, 4.69) is 15.6 Å². The van der Waals surface area contributed by atoms with E-state index in [1.54, 1.807) is 7.11 Å².